The molecule has 0 fully saturated rings. The molecule has 19 heavy (non-hydrogen) atoms. The molecule has 0 spiro atoms. The Morgan fingerprint density at radius 2 is 2.00 bits per heavy atom. The van der Waals surface area contributed by atoms with E-state index in [1.807, 2.05) is 44.2 Å². The Bertz CT molecular complexity index is 565. The van der Waals surface area contributed by atoms with Gasteiger partial charge < -0.3 is 9.64 Å². The molecule has 0 aliphatic heterocycles. The fourth-order valence-corrected chi connectivity index (χ4v) is 1.94. The van der Waals surface area contributed by atoms with Gasteiger partial charge in [-0.3, -0.25) is 9.78 Å². The van der Waals surface area contributed by atoms with Crippen molar-refractivity contribution in [3.63, 3.8) is 0 Å². The molecule has 0 atom stereocenters. The smallest absolute Gasteiger partial charge is 0.260 e. The lowest BCUT2D eigenvalue weighted by molar-refractivity contribution is -0.132. The van der Waals surface area contributed by atoms with E-state index in [4.69, 9.17) is 4.74 Å². The minimum atomic E-state index is -0.00170. The first-order chi connectivity index (χ1) is 9.24. The number of likely N-dealkylation sites (N-methyl/N-ethyl adjacent to an activating group) is 1. The molecule has 0 saturated heterocycles. The van der Waals surface area contributed by atoms with Crippen LogP contribution in [0.25, 0.3) is 10.9 Å². The van der Waals surface area contributed by atoms with E-state index in [0.29, 0.717) is 18.8 Å². The van der Waals surface area contributed by atoms with Gasteiger partial charge in [-0.05, 0) is 26.0 Å². The van der Waals surface area contributed by atoms with Crippen LogP contribution in [0.3, 0.4) is 0 Å². The summed E-state index contributed by atoms with van der Waals surface area (Å²) in [6, 6.07) is 9.72. The summed E-state index contributed by atoms with van der Waals surface area (Å²) in [5.74, 6) is 0.623. The van der Waals surface area contributed by atoms with Gasteiger partial charge in [-0.15, -0.1) is 0 Å². The van der Waals surface area contributed by atoms with Gasteiger partial charge in [-0.1, -0.05) is 18.2 Å². The average molecular weight is 258 g/mol. The summed E-state index contributed by atoms with van der Waals surface area (Å²) in [5, 5.41) is 1.01. The number of amides is 1. The minimum Gasteiger partial charge on any atom is -0.482 e. The molecule has 1 amide bonds. The lowest BCUT2D eigenvalue weighted by Crippen LogP contribution is -2.34. The Balaban J connectivity index is 2.03. The highest BCUT2D eigenvalue weighted by atomic mass is 16.5. The third-order valence-electron chi connectivity index (χ3n) is 3.04. The molecule has 1 aromatic heterocycles. The summed E-state index contributed by atoms with van der Waals surface area (Å²) in [6.07, 6.45) is 1.65. The van der Waals surface area contributed by atoms with E-state index in [0.717, 1.165) is 10.9 Å². The van der Waals surface area contributed by atoms with Gasteiger partial charge in [0.05, 0.1) is 11.7 Å². The van der Waals surface area contributed by atoms with Crippen molar-refractivity contribution in [1.29, 1.82) is 0 Å². The maximum Gasteiger partial charge on any atom is 0.260 e. The molecule has 1 aromatic carbocycles. The van der Waals surface area contributed by atoms with Crippen molar-refractivity contribution in [1.82, 2.24) is 9.88 Å². The summed E-state index contributed by atoms with van der Waals surface area (Å²) in [4.78, 5) is 17.9. The number of carbonyl (C=O) groups is 1. The molecule has 4 nitrogen and oxygen atoms in total. The number of pyridine rings is 1. The van der Waals surface area contributed by atoms with Crippen molar-refractivity contribution >= 4 is 16.8 Å². The van der Waals surface area contributed by atoms with Gasteiger partial charge >= 0.3 is 0 Å². The maximum absolute atomic E-state index is 11.8. The second kappa shape index (κ2) is 6.18. The van der Waals surface area contributed by atoms with E-state index in [9.17, 15) is 4.79 Å². The van der Waals surface area contributed by atoms with Crippen molar-refractivity contribution in [2.45, 2.75) is 13.8 Å². The number of rotatable bonds is 5. The predicted molar refractivity (Wildman–Crippen MR) is 75.2 cm³/mol. The summed E-state index contributed by atoms with van der Waals surface area (Å²) >= 11 is 0. The highest BCUT2D eigenvalue weighted by Gasteiger charge is 2.10. The van der Waals surface area contributed by atoms with Crippen LogP contribution >= 0.6 is 0 Å². The maximum atomic E-state index is 11.8. The molecule has 0 unspecified atom stereocenters. The molecule has 0 aliphatic rings. The first-order valence-electron chi connectivity index (χ1n) is 6.50. The monoisotopic (exact) mass is 258 g/mol. The highest BCUT2D eigenvalue weighted by molar-refractivity contribution is 5.80. The molecular weight excluding hydrogens is 240 g/mol. The van der Waals surface area contributed by atoms with Crippen LogP contribution in [0.15, 0.2) is 36.5 Å². The number of ether oxygens (including phenoxy) is 1. The molecule has 0 saturated carbocycles. The number of hydrogen-bond acceptors (Lipinski definition) is 3. The molecule has 2 aromatic rings. The zero-order valence-electron chi connectivity index (χ0n) is 11.3. The summed E-state index contributed by atoms with van der Waals surface area (Å²) in [5.41, 5.74) is 0.921. The molecule has 4 heteroatoms. The number of fused-ring (bicyclic) bond motifs is 1. The minimum absolute atomic E-state index is 0.00170. The number of aromatic nitrogens is 1. The second-order valence-electron chi connectivity index (χ2n) is 4.22. The van der Waals surface area contributed by atoms with Gasteiger partial charge in [0.15, 0.2) is 6.61 Å². The zero-order chi connectivity index (χ0) is 13.7. The lowest BCUT2D eigenvalue weighted by Gasteiger charge is -2.18. The van der Waals surface area contributed by atoms with Gasteiger partial charge in [0.25, 0.3) is 5.91 Å². The fraction of sp³-hybridized carbons (Fsp3) is 0.333. The number of nitrogens with zero attached hydrogens (tertiary/aromatic N) is 2. The summed E-state index contributed by atoms with van der Waals surface area (Å²) in [7, 11) is 0. The van der Waals surface area contributed by atoms with Crippen LogP contribution in [-0.4, -0.2) is 35.5 Å². The Morgan fingerprint density at radius 1 is 1.26 bits per heavy atom. The van der Waals surface area contributed by atoms with E-state index < -0.39 is 0 Å². The predicted octanol–water partition coefficient (Wildman–Crippen LogP) is 2.48. The lowest BCUT2D eigenvalue weighted by atomic mass is 10.2. The van der Waals surface area contributed by atoms with E-state index >= 15 is 0 Å². The Hall–Kier alpha value is -2.10. The standard InChI is InChI=1S/C15H18N2O2/c1-3-17(4-2)15(18)11-19-13-9-12-7-5-6-8-14(12)16-10-13/h5-10H,3-4,11H2,1-2H3. The zero-order valence-corrected chi connectivity index (χ0v) is 11.3. The summed E-state index contributed by atoms with van der Waals surface area (Å²) < 4.78 is 5.51. The van der Waals surface area contributed by atoms with Crippen molar-refractivity contribution in [3.8, 4) is 5.75 Å². The third-order valence-corrected chi connectivity index (χ3v) is 3.04. The van der Waals surface area contributed by atoms with Crippen LogP contribution < -0.4 is 4.74 Å². The largest absolute Gasteiger partial charge is 0.482 e. The van der Waals surface area contributed by atoms with E-state index in [1.165, 1.54) is 0 Å². The SMILES string of the molecule is CCN(CC)C(=O)COc1cnc2ccccc2c1. The summed E-state index contributed by atoms with van der Waals surface area (Å²) in [6.45, 7) is 5.38. The second-order valence-corrected chi connectivity index (χ2v) is 4.22. The van der Waals surface area contributed by atoms with Gasteiger partial charge in [0, 0.05) is 18.5 Å². The molecule has 0 N–H and O–H groups in total. The topological polar surface area (TPSA) is 42.4 Å². The van der Waals surface area contributed by atoms with E-state index in [2.05, 4.69) is 4.98 Å². The first kappa shape index (κ1) is 13.3. The van der Waals surface area contributed by atoms with Crippen LogP contribution in [-0.2, 0) is 4.79 Å². The first-order valence-corrected chi connectivity index (χ1v) is 6.50. The molecule has 0 bridgehead atoms. The van der Waals surface area contributed by atoms with Crippen LogP contribution in [0, 0.1) is 0 Å². The van der Waals surface area contributed by atoms with Crippen LogP contribution in [0.1, 0.15) is 13.8 Å². The molecule has 0 aliphatic carbocycles. The average Bonchev–Trinajstić information content (AvgIpc) is 2.46. The van der Waals surface area contributed by atoms with Crippen LogP contribution in [0.2, 0.25) is 0 Å². The van der Waals surface area contributed by atoms with Crippen molar-refractivity contribution in [2.24, 2.45) is 0 Å². The van der Waals surface area contributed by atoms with Crippen molar-refractivity contribution in [2.75, 3.05) is 19.7 Å². The fourth-order valence-electron chi connectivity index (χ4n) is 1.94. The molecule has 1 heterocycles. The molecule has 100 valence electrons. The van der Waals surface area contributed by atoms with Gasteiger partial charge in [0.1, 0.15) is 5.75 Å². The Morgan fingerprint density at radius 3 is 2.74 bits per heavy atom. The third kappa shape index (κ3) is 3.22. The van der Waals surface area contributed by atoms with E-state index in [1.54, 1.807) is 11.1 Å². The van der Waals surface area contributed by atoms with E-state index in [-0.39, 0.29) is 12.5 Å². The quantitative estimate of drug-likeness (QED) is 0.827. The normalized spacial score (nSPS) is 10.4. The van der Waals surface area contributed by atoms with Crippen molar-refractivity contribution in [3.05, 3.63) is 36.5 Å². The Kier molecular flexibility index (Phi) is 4.34. The van der Waals surface area contributed by atoms with Crippen LogP contribution in [0.4, 0.5) is 0 Å². The Labute approximate surface area is 113 Å². The molecule has 0 radical (unpaired) electrons. The van der Waals surface area contributed by atoms with Gasteiger partial charge in [-0.2, -0.15) is 0 Å². The van der Waals surface area contributed by atoms with Crippen LogP contribution in [0.5, 0.6) is 5.75 Å². The van der Waals surface area contributed by atoms with Gasteiger partial charge in [0.2, 0.25) is 0 Å². The number of carbonyl (C=O) groups excluding carboxylic acids is 1. The number of benzene rings is 1. The number of hydrogen-bond donors (Lipinski definition) is 0. The number of para-hydroxylation sites is 1. The van der Waals surface area contributed by atoms with Crippen molar-refractivity contribution < 1.29 is 9.53 Å². The molecular formula is C15H18N2O2. The highest BCUT2D eigenvalue weighted by Crippen LogP contribution is 2.17. The molecule has 2 rings (SSSR count). The van der Waals surface area contributed by atoms with Gasteiger partial charge in [-0.25, -0.2) is 0 Å².